The van der Waals surface area contributed by atoms with Crippen molar-refractivity contribution >= 4 is 17.6 Å². The Kier molecular flexibility index (Phi) is 3.52. The minimum Gasteiger partial charge on any atom is -0.461 e. The Morgan fingerprint density at radius 3 is 2.71 bits per heavy atom. The van der Waals surface area contributed by atoms with Crippen molar-refractivity contribution < 1.29 is 9.53 Å². The first-order chi connectivity index (χ1) is 6.61. The fourth-order valence-electron chi connectivity index (χ4n) is 1.18. The molecule has 0 aliphatic carbocycles. The average molecular weight is 217 g/mol. The molecule has 4 nitrogen and oxygen atoms in total. The highest BCUT2D eigenvalue weighted by molar-refractivity contribution is 6.34. The Balaban J connectivity index is 3.10. The summed E-state index contributed by atoms with van der Waals surface area (Å²) >= 11 is 5.94. The molecule has 0 aliphatic heterocycles. The third-order valence-corrected chi connectivity index (χ3v) is 2.28. The Labute approximate surface area is 87.8 Å². The van der Waals surface area contributed by atoms with Crippen LogP contribution < -0.4 is 0 Å². The van der Waals surface area contributed by atoms with Gasteiger partial charge in [-0.2, -0.15) is 5.10 Å². The number of hydrogen-bond acceptors (Lipinski definition) is 3. The molecule has 1 rings (SSSR count). The molecule has 0 spiro atoms. The maximum atomic E-state index is 11.5. The van der Waals surface area contributed by atoms with Crippen LogP contribution in [0.2, 0.25) is 5.02 Å². The van der Waals surface area contributed by atoms with Crippen LogP contribution in [0.1, 0.15) is 30.0 Å². The molecule has 1 aromatic rings. The molecule has 0 unspecified atom stereocenters. The van der Waals surface area contributed by atoms with Gasteiger partial charge in [0.15, 0.2) is 5.69 Å². The number of esters is 1. The molecule has 0 atom stereocenters. The summed E-state index contributed by atoms with van der Waals surface area (Å²) in [5.41, 5.74) is 0.991. The number of aryl methyl sites for hydroxylation is 2. The maximum absolute atomic E-state index is 11.5. The second-order valence-corrected chi connectivity index (χ2v) is 3.16. The largest absolute Gasteiger partial charge is 0.461 e. The second-order valence-electron chi connectivity index (χ2n) is 2.78. The molecule has 0 amide bonds. The number of rotatable bonds is 3. The predicted octanol–water partition coefficient (Wildman–Crippen LogP) is 2.04. The Morgan fingerprint density at radius 2 is 2.21 bits per heavy atom. The first kappa shape index (κ1) is 11.0. The van der Waals surface area contributed by atoms with Gasteiger partial charge in [0, 0.05) is 6.54 Å². The normalized spacial score (nSPS) is 10.3. The van der Waals surface area contributed by atoms with E-state index in [9.17, 15) is 4.79 Å². The van der Waals surface area contributed by atoms with Crippen molar-refractivity contribution in [2.75, 3.05) is 6.61 Å². The van der Waals surface area contributed by atoms with Crippen LogP contribution in [0.3, 0.4) is 0 Å². The molecule has 0 saturated heterocycles. The summed E-state index contributed by atoms with van der Waals surface area (Å²) in [6.45, 7) is 6.35. The zero-order chi connectivity index (χ0) is 10.7. The minimum atomic E-state index is -0.417. The van der Waals surface area contributed by atoms with Crippen molar-refractivity contribution in [3.8, 4) is 0 Å². The van der Waals surface area contributed by atoms with E-state index in [0.717, 1.165) is 0 Å². The van der Waals surface area contributed by atoms with Gasteiger partial charge in [-0.25, -0.2) is 4.79 Å². The molecule has 0 fully saturated rings. The lowest BCUT2D eigenvalue weighted by Crippen LogP contribution is -2.12. The number of carbonyl (C=O) groups is 1. The predicted molar refractivity (Wildman–Crippen MR) is 53.6 cm³/mol. The summed E-state index contributed by atoms with van der Waals surface area (Å²) in [6.07, 6.45) is 0. The molecule has 0 saturated carbocycles. The van der Waals surface area contributed by atoms with Gasteiger partial charge >= 0.3 is 5.97 Å². The van der Waals surface area contributed by atoms with E-state index in [4.69, 9.17) is 16.3 Å². The standard InChI is InChI=1S/C9H13ClN2O2/c1-4-12-8(9(13)14-5-2)7(10)6(3)11-12/h4-5H2,1-3H3. The third kappa shape index (κ3) is 1.90. The van der Waals surface area contributed by atoms with Crippen LogP contribution in [0, 0.1) is 6.92 Å². The summed E-state index contributed by atoms with van der Waals surface area (Å²) in [5, 5.41) is 4.50. The number of ether oxygens (including phenoxy) is 1. The smallest absolute Gasteiger partial charge is 0.358 e. The molecular weight excluding hydrogens is 204 g/mol. The summed E-state index contributed by atoms with van der Waals surface area (Å²) in [6, 6.07) is 0. The first-order valence-electron chi connectivity index (χ1n) is 4.51. The number of nitrogens with zero attached hydrogens (tertiary/aromatic N) is 2. The van der Waals surface area contributed by atoms with Gasteiger partial charge in [-0.05, 0) is 20.8 Å². The van der Waals surface area contributed by atoms with Crippen molar-refractivity contribution in [2.24, 2.45) is 0 Å². The van der Waals surface area contributed by atoms with Crippen molar-refractivity contribution in [1.29, 1.82) is 0 Å². The highest BCUT2D eigenvalue weighted by Crippen LogP contribution is 2.20. The molecule has 0 aliphatic rings. The number of aromatic nitrogens is 2. The first-order valence-corrected chi connectivity index (χ1v) is 4.89. The molecule has 0 aromatic carbocycles. The van der Waals surface area contributed by atoms with E-state index in [2.05, 4.69) is 5.10 Å². The zero-order valence-electron chi connectivity index (χ0n) is 8.50. The van der Waals surface area contributed by atoms with Crippen LogP contribution in [0.5, 0.6) is 0 Å². The molecule has 14 heavy (non-hydrogen) atoms. The second kappa shape index (κ2) is 4.46. The quantitative estimate of drug-likeness (QED) is 0.727. The van der Waals surface area contributed by atoms with Gasteiger partial charge in [-0.3, -0.25) is 4.68 Å². The molecular formula is C9H13ClN2O2. The van der Waals surface area contributed by atoms with Crippen LogP contribution in [0.4, 0.5) is 0 Å². The van der Waals surface area contributed by atoms with Crippen LogP contribution in [0.25, 0.3) is 0 Å². The fraction of sp³-hybridized carbons (Fsp3) is 0.556. The molecule has 1 aromatic heterocycles. The van der Waals surface area contributed by atoms with Gasteiger partial charge in [0.2, 0.25) is 0 Å². The summed E-state index contributed by atoms with van der Waals surface area (Å²) in [4.78, 5) is 11.5. The number of halogens is 1. The van der Waals surface area contributed by atoms with E-state index in [-0.39, 0.29) is 0 Å². The monoisotopic (exact) mass is 216 g/mol. The van der Waals surface area contributed by atoms with E-state index < -0.39 is 5.97 Å². The molecule has 78 valence electrons. The van der Waals surface area contributed by atoms with Gasteiger partial charge in [0.1, 0.15) is 0 Å². The third-order valence-electron chi connectivity index (χ3n) is 1.82. The Hall–Kier alpha value is -1.03. The van der Waals surface area contributed by atoms with Gasteiger partial charge in [-0.1, -0.05) is 11.6 Å². The van der Waals surface area contributed by atoms with E-state index in [1.165, 1.54) is 0 Å². The number of hydrogen-bond donors (Lipinski definition) is 0. The van der Waals surface area contributed by atoms with E-state index in [1.807, 2.05) is 6.92 Å². The lowest BCUT2D eigenvalue weighted by molar-refractivity contribution is 0.0512. The zero-order valence-corrected chi connectivity index (χ0v) is 9.26. The van der Waals surface area contributed by atoms with Crippen LogP contribution in [-0.2, 0) is 11.3 Å². The maximum Gasteiger partial charge on any atom is 0.358 e. The van der Waals surface area contributed by atoms with Gasteiger partial charge < -0.3 is 4.74 Å². The molecule has 1 heterocycles. The van der Waals surface area contributed by atoms with Crippen molar-refractivity contribution in [1.82, 2.24) is 9.78 Å². The van der Waals surface area contributed by atoms with Crippen molar-refractivity contribution in [3.63, 3.8) is 0 Å². The van der Waals surface area contributed by atoms with Crippen molar-refractivity contribution in [3.05, 3.63) is 16.4 Å². The average Bonchev–Trinajstić information content (AvgIpc) is 2.43. The molecule has 5 heteroatoms. The lowest BCUT2D eigenvalue weighted by Gasteiger charge is -2.03. The van der Waals surface area contributed by atoms with Gasteiger partial charge in [-0.15, -0.1) is 0 Å². The van der Waals surface area contributed by atoms with E-state index >= 15 is 0 Å². The highest BCUT2D eigenvalue weighted by atomic mass is 35.5. The molecule has 0 radical (unpaired) electrons. The topological polar surface area (TPSA) is 44.1 Å². The Morgan fingerprint density at radius 1 is 1.57 bits per heavy atom. The van der Waals surface area contributed by atoms with E-state index in [1.54, 1.807) is 18.5 Å². The van der Waals surface area contributed by atoms with Crippen LogP contribution in [-0.4, -0.2) is 22.4 Å². The van der Waals surface area contributed by atoms with Gasteiger partial charge in [0.25, 0.3) is 0 Å². The summed E-state index contributed by atoms with van der Waals surface area (Å²) in [5.74, 6) is -0.417. The number of carbonyl (C=O) groups excluding carboxylic acids is 1. The van der Waals surface area contributed by atoms with Gasteiger partial charge in [0.05, 0.1) is 17.3 Å². The molecule has 0 N–H and O–H groups in total. The summed E-state index contributed by atoms with van der Waals surface area (Å²) in [7, 11) is 0. The van der Waals surface area contributed by atoms with Crippen LogP contribution in [0.15, 0.2) is 0 Å². The molecule has 0 bridgehead atoms. The fourth-order valence-corrected chi connectivity index (χ4v) is 1.40. The Bertz CT molecular complexity index is 347. The SMILES string of the molecule is CCOC(=O)c1c(Cl)c(C)nn1CC. The summed E-state index contributed by atoms with van der Waals surface area (Å²) < 4.78 is 6.43. The minimum absolute atomic E-state index is 0.336. The van der Waals surface area contributed by atoms with Crippen LogP contribution >= 0.6 is 11.6 Å². The highest BCUT2D eigenvalue weighted by Gasteiger charge is 2.20. The van der Waals surface area contributed by atoms with E-state index in [0.29, 0.717) is 29.6 Å². The van der Waals surface area contributed by atoms with Crippen molar-refractivity contribution in [2.45, 2.75) is 27.3 Å². The lowest BCUT2D eigenvalue weighted by atomic mass is 10.3.